The van der Waals surface area contributed by atoms with Crippen LogP contribution in [0.15, 0.2) is 47.6 Å². The maximum atomic E-state index is 12.6. The van der Waals surface area contributed by atoms with Crippen molar-refractivity contribution in [2.24, 2.45) is 0 Å². The molecule has 26 heavy (non-hydrogen) atoms. The monoisotopic (exact) mass is 386 g/mol. The molecule has 0 aliphatic rings. The minimum atomic E-state index is -4.47. The number of aromatic nitrogens is 1. The summed E-state index contributed by atoms with van der Waals surface area (Å²) in [6, 6.07) is 7.23. The Bertz CT molecular complexity index is 843. The topological polar surface area (TPSA) is 42.0 Å². The zero-order valence-electron chi connectivity index (χ0n) is 13.0. The molecule has 0 saturated carbocycles. The molecule has 0 saturated heterocycles. The van der Waals surface area contributed by atoms with Crippen LogP contribution in [0.1, 0.15) is 21.5 Å². The van der Waals surface area contributed by atoms with Crippen LogP contribution in [-0.2, 0) is 6.18 Å². The minimum absolute atomic E-state index is 0.0290. The third kappa shape index (κ3) is 5.74. The number of alkyl halides is 5. The number of hydrogen-bond acceptors (Lipinski definition) is 3. The molecule has 9 heteroatoms. The largest absolute Gasteiger partial charge is 0.416 e. The van der Waals surface area contributed by atoms with Crippen molar-refractivity contribution in [2.45, 2.75) is 17.0 Å². The lowest BCUT2D eigenvalue weighted by Gasteiger charge is -2.07. The van der Waals surface area contributed by atoms with Crippen LogP contribution in [0, 0.1) is 11.8 Å². The van der Waals surface area contributed by atoms with E-state index in [0.29, 0.717) is 0 Å². The summed E-state index contributed by atoms with van der Waals surface area (Å²) in [4.78, 5) is 15.7. The van der Waals surface area contributed by atoms with E-state index in [4.69, 9.17) is 0 Å². The Kier molecular flexibility index (Phi) is 6.58. The van der Waals surface area contributed by atoms with Crippen LogP contribution < -0.4 is 5.32 Å². The molecule has 2 rings (SSSR count). The normalized spacial score (nSPS) is 11.0. The van der Waals surface area contributed by atoms with Crippen molar-refractivity contribution in [3.05, 3.63) is 59.3 Å². The highest BCUT2D eigenvalue weighted by molar-refractivity contribution is 7.99. The van der Waals surface area contributed by atoms with Gasteiger partial charge in [-0.1, -0.05) is 17.9 Å². The number of carbonyl (C=O) groups is 1. The quantitative estimate of drug-likeness (QED) is 0.487. The van der Waals surface area contributed by atoms with Crippen molar-refractivity contribution in [3.8, 4) is 11.8 Å². The van der Waals surface area contributed by atoms with Crippen LogP contribution >= 0.6 is 11.8 Å². The number of amides is 1. The van der Waals surface area contributed by atoms with Crippen LogP contribution in [0.5, 0.6) is 0 Å². The fourth-order valence-electron chi connectivity index (χ4n) is 1.88. The van der Waals surface area contributed by atoms with E-state index < -0.39 is 23.4 Å². The van der Waals surface area contributed by atoms with E-state index in [9.17, 15) is 26.7 Å². The summed E-state index contributed by atoms with van der Waals surface area (Å²) in [7, 11) is 0. The smallest absolute Gasteiger partial charge is 0.341 e. The van der Waals surface area contributed by atoms with E-state index in [1.807, 2.05) is 0 Å². The second kappa shape index (κ2) is 8.67. The Morgan fingerprint density at radius 3 is 2.69 bits per heavy atom. The Balaban J connectivity index is 2.01. The Hall–Kier alpha value is -2.60. The molecule has 2 aromatic rings. The van der Waals surface area contributed by atoms with Crippen molar-refractivity contribution < 1.29 is 26.7 Å². The predicted octanol–water partition coefficient (Wildman–Crippen LogP) is 4.20. The molecule has 0 bridgehead atoms. The molecule has 0 aliphatic carbocycles. The maximum Gasteiger partial charge on any atom is 0.416 e. The molecule has 0 fully saturated rings. The van der Waals surface area contributed by atoms with Crippen LogP contribution in [0.2, 0.25) is 0 Å². The number of thioether (sulfide) groups is 1. The number of halogens is 5. The molecule has 1 aromatic heterocycles. The highest BCUT2D eigenvalue weighted by Gasteiger charge is 2.30. The van der Waals surface area contributed by atoms with Crippen LogP contribution in [0.25, 0.3) is 0 Å². The summed E-state index contributed by atoms with van der Waals surface area (Å²) in [6.07, 6.45) is -3.18. The highest BCUT2D eigenvalue weighted by Crippen LogP contribution is 2.29. The van der Waals surface area contributed by atoms with Crippen molar-refractivity contribution in [3.63, 3.8) is 0 Å². The highest BCUT2D eigenvalue weighted by atomic mass is 32.2. The Morgan fingerprint density at radius 2 is 2.00 bits per heavy atom. The van der Waals surface area contributed by atoms with Crippen molar-refractivity contribution in [1.29, 1.82) is 0 Å². The molecule has 1 aromatic carbocycles. The van der Waals surface area contributed by atoms with Gasteiger partial charge in [-0.3, -0.25) is 4.79 Å². The number of pyridine rings is 1. The van der Waals surface area contributed by atoms with Crippen LogP contribution in [-0.4, -0.2) is 23.2 Å². The summed E-state index contributed by atoms with van der Waals surface area (Å²) < 4.78 is 62.8. The summed E-state index contributed by atoms with van der Waals surface area (Å²) in [5.41, 5.74) is -0.708. The van der Waals surface area contributed by atoms with E-state index in [1.54, 1.807) is 0 Å². The number of benzene rings is 1. The molecule has 1 N–H and O–H groups in total. The molecule has 0 unspecified atom stereocenters. The van der Waals surface area contributed by atoms with Gasteiger partial charge in [-0.25, -0.2) is 4.98 Å². The van der Waals surface area contributed by atoms with Gasteiger partial charge in [-0.15, -0.1) is 0 Å². The van der Waals surface area contributed by atoms with Gasteiger partial charge in [0.15, 0.2) is 0 Å². The number of carbonyl (C=O) groups excluding carboxylic acids is 1. The molecule has 136 valence electrons. The van der Waals surface area contributed by atoms with Crippen LogP contribution in [0.3, 0.4) is 0 Å². The third-order valence-corrected chi connectivity index (χ3v) is 3.70. The zero-order valence-corrected chi connectivity index (χ0v) is 13.8. The number of hydrogen-bond donors (Lipinski definition) is 1. The lowest BCUT2D eigenvalue weighted by atomic mass is 10.1. The lowest BCUT2D eigenvalue weighted by molar-refractivity contribution is -0.137. The van der Waals surface area contributed by atoms with E-state index in [-0.39, 0.29) is 34.5 Å². The van der Waals surface area contributed by atoms with E-state index in [1.165, 1.54) is 30.5 Å². The average Bonchev–Trinajstić information content (AvgIpc) is 2.58. The molecular weight excluding hydrogens is 375 g/mol. The first kappa shape index (κ1) is 19.7. The Labute approximate surface area is 150 Å². The summed E-state index contributed by atoms with van der Waals surface area (Å²) in [5.74, 6) is 1.64. The number of nitrogens with zero attached hydrogens (tertiary/aromatic N) is 1. The number of nitrogens with one attached hydrogen (secondary N) is 1. The van der Waals surface area contributed by atoms with Gasteiger partial charge in [0.25, 0.3) is 11.7 Å². The molecule has 0 radical (unpaired) electrons. The SMILES string of the molecule is O=C(NCC#Cc1cccc(C(F)(F)F)c1)c1cccnc1SC(F)F. The van der Waals surface area contributed by atoms with E-state index in [2.05, 4.69) is 22.1 Å². The predicted molar refractivity (Wildman–Crippen MR) is 86.8 cm³/mol. The second-order valence-corrected chi connectivity index (χ2v) is 5.78. The average molecular weight is 386 g/mol. The number of rotatable bonds is 4. The van der Waals surface area contributed by atoms with Crippen molar-refractivity contribution in [1.82, 2.24) is 10.3 Å². The van der Waals surface area contributed by atoms with Gasteiger partial charge < -0.3 is 5.32 Å². The molecule has 1 amide bonds. The molecule has 3 nitrogen and oxygen atoms in total. The molecular formula is C17H11F5N2OS. The summed E-state index contributed by atoms with van der Waals surface area (Å²) in [5, 5.41) is 2.28. The molecule has 0 aliphatic heterocycles. The van der Waals surface area contributed by atoms with E-state index >= 15 is 0 Å². The van der Waals surface area contributed by atoms with Gasteiger partial charge in [0, 0.05) is 11.8 Å². The van der Waals surface area contributed by atoms with Crippen molar-refractivity contribution in [2.75, 3.05) is 6.54 Å². The van der Waals surface area contributed by atoms with Crippen LogP contribution in [0.4, 0.5) is 22.0 Å². The van der Waals surface area contributed by atoms with Gasteiger partial charge in [0.1, 0.15) is 5.03 Å². The second-order valence-electron chi connectivity index (χ2n) is 4.80. The molecule has 1 heterocycles. The van der Waals surface area contributed by atoms with Gasteiger partial charge >= 0.3 is 6.18 Å². The first-order valence-corrected chi connectivity index (χ1v) is 7.99. The standard InChI is InChI=1S/C17H11F5N2OS/c18-16(19)26-15-13(7-3-9-24-15)14(25)23-8-2-5-11-4-1-6-12(10-11)17(20,21)22/h1,3-4,6-7,9-10,16H,8H2,(H,23,25). The summed E-state index contributed by atoms with van der Waals surface area (Å²) >= 11 is 0.145. The molecule has 0 atom stereocenters. The Morgan fingerprint density at radius 1 is 1.23 bits per heavy atom. The fraction of sp³-hybridized carbons (Fsp3) is 0.176. The minimum Gasteiger partial charge on any atom is -0.341 e. The fourth-order valence-corrected chi connectivity index (χ4v) is 2.46. The summed E-state index contributed by atoms with van der Waals surface area (Å²) in [6.45, 7) is -0.164. The lowest BCUT2D eigenvalue weighted by Crippen LogP contribution is -2.24. The van der Waals surface area contributed by atoms with Gasteiger partial charge in [-0.2, -0.15) is 22.0 Å². The third-order valence-electron chi connectivity index (χ3n) is 2.98. The van der Waals surface area contributed by atoms with Gasteiger partial charge in [0.05, 0.1) is 17.7 Å². The van der Waals surface area contributed by atoms with Crippen molar-refractivity contribution >= 4 is 17.7 Å². The molecule has 0 spiro atoms. The van der Waals surface area contributed by atoms with Gasteiger partial charge in [-0.05, 0) is 42.1 Å². The zero-order chi connectivity index (χ0) is 19.2. The van der Waals surface area contributed by atoms with Gasteiger partial charge in [0.2, 0.25) is 0 Å². The first-order valence-electron chi connectivity index (χ1n) is 7.11. The van der Waals surface area contributed by atoms with E-state index in [0.717, 1.165) is 12.1 Å². The first-order chi connectivity index (χ1) is 12.3. The maximum absolute atomic E-state index is 12.6.